The van der Waals surface area contributed by atoms with E-state index in [0.717, 1.165) is 17.7 Å². The highest BCUT2D eigenvalue weighted by molar-refractivity contribution is 7.15. The van der Waals surface area contributed by atoms with Crippen LogP contribution >= 0.6 is 11.3 Å². The third-order valence-corrected chi connectivity index (χ3v) is 5.22. The van der Waals surface area contributed by atoms with Crippen LogP contribution in [-0.2, 0) is 6.54 Å². The van der Waals surface area contributed by atoms with Crippen LogP contribution in [0.5, 0.6) is 0 Å². The zero-order valence-corrected chi connectivity index (χ0v) is 12.2. The van der Waals surface area contributed by atoms with Gasteiger partial charge < -0.3 is 0 Å². The van der Waals surface area contributed by atoms with E-state index >= 15 is 0 Å². The number of nitrogens with one attached hydrogen (secondary N) is 1. The number of rotatable bonds is 4. The molecule has 1 saturated carbocycles. The van der Waals surface area contributed by atoms with Crippen molar-refractivity contribution in [2.45, 2.75) is 38.3 Å². The van der Waals surface area contributed by atoms with E-state index in [9.17, 15) is 0 Å². The SMILES string of the molecule is NNc1ncc(CN2CCN(C3CCCC3)CC2)s1. The van der Waals surface area contributed by atoms with Crippen molar-refractivity contribution >= 4 is 16.5 Å². The number of nitrogens with zero attached hydrogens (tertiary/aromatic N) is 3. The summed E-state index contributed by atoms with van der Waals surface area (Å²) in [6.07, 6.45) is 7.63. The van der Waals surface area contributed by atoms with Crippen LogP contribution in [0, 0.1) is 0 Å². The van der Waals surface area contributed by atoms with Gasteiger partial charge in [0.1, 0.15) is 0 Å². The molecule has 0 atom stereocenters. The maximum atomic E-state index is 5.36. The highest BCUT2D eigenvalue weighted by atomic mass is 32.1. The highest BCUT2D eigenvalue weighted by Gasteiger charge is 2.26. The molecule has 0 spiro atoms. The molecule has 0 amide bonds. The van der Waals surface area contributed by atoms with Crippen LogP contribution in [0.4, 0.5) is 5.13 Å². The zero-order chi connectivity index (χ0) is 13.1. The lowest BCUT2D eigenvalue weighted by atomic mass is 10.2. The van der Waals surface area contributed by atoms with Crippen LogP contribution in [0.1, 0.15) is 30.6 Å². The first kappa shape index (κ1) is 13.3. The van der Waals surface area contributed by atoms with Gasteiger partial charge in [0.25, 0.3) is 0 Å². The van der Waals surface area contributed by atoms with Gasteiger partial charge in [-0.1, -0.05) is 24.2 Å². The lowest BCUT2D eigenvalue weighted by Crippen LogP contribution is -2.49. The molecule has 5 nitrogen and oxygen atoms in total. The summed E-state index contributed by atoms with van der Waals surface area (Å²) < 4.78 is 0. The largest absolute Gasteiger partial charge is 0.300 e. The van der Waals surface area contributed by atoms with E-state index in [1.165, 1.54) is 56.7 Å². The van der Waals surface area contributed by atoms with E-state index in [2.05, 4.69) is 20.2 Å². The van der Waals surface area contributed by atoms with Gasteiger partial charge in [0.15, 0.2) is 5.13 Å². The Morgan fingerprint density at radius 2 is 2.00 bits per heavy atom. The standard InChI is InChI=1S/C13H23N5S/c14-16-13-15-9-12(19-13)10-17-5-7-18(8-6-17)11-3-1-2-4-11/h9,11H,1-8,10,14H2,(H,15,16). The van der Waals surface area contributed by atoms with Crippen LogP contribution in [0.2, 0.25) is 0 Å². The Morgan fingerprint density at radius 1 is 1.26 bits per heavy atom. The summed E-state index contributed by atoms with van der Waals surface area (Å²) in [6.45, 7) is 5.83. The highest BCUT2D eigenvalue weighted by Crippen LogP contribution is 2.25. The predicted octanol–water partition coefficient (Wildman–Crippen LogP) is 1.49. The van der Waals surface area contributed by atoms with Crippen molar-refractivity contribution in [3.05, 3.63) is 11.1 Å². The number of anilines is 1. The van der Waals surface area contributed by atoms with E-state index in [4.69, 9.17) is 5.84 Å². The first-order valence-corrected chi connectivity index (χ1v) is 8.04. The molecule has 0 bridgehead atoms. The number of nitrogen functional groups attached to an aromatic ring is 1. The summed E-state index contributed by atoms with van der Waals surface area (Å²) >= 11 is 1.65. The van der Waals surface area contributed by atoms with Crippen molar-refractivity contribution in [2.24, 2.45) is 5.84 Å². The number of hydrazine groups is 1. The van der Waals surface area contributed by atoms with E-state index in [1.807, 2.05) is 6.20 Å². The molecule has 1 aliphatic heterocycles. The van der Waals surface area contributed by atoms with Crippen molar-refractivity contribution in [3.8, 4) is 0 Å². The fourth-order valence-corrected chi connectivity index (χ4v) is 3.99. The molecule has 1 saturated heterocycles. The number of hydrogen-bond donors (Lipinski definition) is 2. The number of aromatic nitrogens is 1. The van der Waals surface area contributed by atoms with Crippen LogP contribution in [-0.4, -0.2) is 47.0 Å². The molecule has 1 aromatic rings. The normalized spacial score (nSPS) is 23.0. The van der Waals surface area contributed by atoms with E-state index in [-0.39, 0.29) is 0 Å². The number of nitrogens with two attached hydrogens (primary N) is 1. The fraction of sp³-hybridized carbons (Fsp3) is 0.769. The van der Waals surface area contributed by atoms with Crippen LogP contribution in [0.15, 0.2) is 6.20 Å². The van der Waals surface area contributed by atoms with Gasteiger partial charge in [0.05, 0.1) is 0 Å². The molecule has 19 heavy (non-hydrogen) atoms. The van der Waals surface area contributed by atoms with Crippen LogP contribution in [0.25, 0.3) is 0 Å². The molecule has 6 heteroatoms. The van der Waals surface area contributed by atoms with Crippen molar-refractivity contribution in [2.75, 3.05) is 31.6 Å². The molecule has 0 aromatic carbocycles. The minimum absolute atomic E-state index is 0.805. The number of hydrogen-bond acceptors (Lipinski definition) is 6. The van der Waals surface area contributed by atoms with Gasteiger partial charge in [-0.3, -0.25) is 15.2 Å². The van der Waals surface area contributed by atoms with Crippen molar-refractivity contribution in [1.82, 2.24) is 14.8 Å². The summed E-state index contributed by atoms with van der Waals surface area (Å²) in [6, 6.07) is 0.874. The molecule has 3 N–H and O–H groups in total. The van der Waals surface area contributed by atoms with Gasteiger partial charge in [-0.2, -0.15) is 0 Å². The molecule has 3 rings (SSSR count). The summed E-state index contributed by atoms with van der Waals surface area (Å²) in [5, 5.41) is 0.805. The Labute approximate surface area is 118 Å². The number of piperazine rings is 1. The molecule has 2 fully saturated rings. The molecule has 2 heterocycles. The smallest absolute Gasteiger partial charge is 0.197 e. The lowest BCUT2D eigenvalue weighted by molar-refractivity contribution is 0.0943. The minimum Gasteiger partial charge on any atom is -0.300 e. The van der Waals surface area contributed by atoms with Crippen molar-refractivity contribution < 1.29 is 0 Å². The quantitative estimate of drug-likeness (QED) is 0.647. The molecule has 2 aliphatic rings. The van der Waals surface area contributed by atoms with Gasteiger partial charge in [-0.05, 0) is 12.8 Å². The average molecular weight is 281 g/mol. The zero-order valence-electron chi connectivity index (χ0n) is 11.3. The minimum atomic E-state index is 0.805. The lowest BCUT2D eigenvalue weighted by Gasteiger charge is -2.37. The van der Waals surface area contributed by atoms with E-state index in [1.54, 1.807) is 11.3 Å². The van der Waals surface area contributed by atoms with Gasteiger partial charge in [0.2, 0.25) is 0 Å². The summed E-state index contributed by atoms with van der Waals surface area (Å²) in [5.41, 5.74) is 2.61. The molecular formula is C13H23N5S. The second-order valence-corrected chi connectivity index (χ2v) is 6.64. The molecule has 1 aromatic heterocycles. The molecule has 106 valence electrons. The first-order chi connectivity index (χ1) is 9.35. The molecule has 0 radical (unpaired) electrons. The maximum absolute atomic E-state index is 5.36. The molecular weight excluding hydrogens is 258 g/mol. The fourth-order valence-electron chi connectivity index (χ4n) is 3.22. The van der Waals surface area contributed by atoms with E-state index in [0.29, 0.717) is 0 Å². The Morgan fingerprint density at radius 3 is 2.63 bits per heavy atom. The average Bonchev–Trinajstić information content (AvgIpc) is 3.10. The summed E-state index contributed by atoms with van der Waals surface area (Å²) in [4.78, 5) is 10.7. The van der Waals surface area contributed by atoms with Gasteiger partial charge in [0, 0.05) is 49.8 Å². The third-order valence-electron chi connectivity index (χ3n) is 4.30. The summed E-state index contributed by atoms with van der Waals surface area (Å²) in [7, 11) is 0. The van der Waals surface area contributed by atoms with E-state index < -0.39 is 0 Å². The first-order valence-electron chi connectivity index (χ1n) is 7.23. The monoisotopic (exact) mass is 281 g/mol. The number of thiazole rings is 1. The second kappa shape index (κ2) is 6.17. The second-order valence-electron chi connectivity index (χ2n) is 5.53. The Bertz CT molecular complexity index is 393. The van der Waals surface area contributed by atoms with Crippen LogP contribution < -0.4 is 11.3 Å². The van der Waals surface area contributed by atoms with Crippen molar-refractivity contribution in [1.29, 1.82) is 0 Å². The summed E-state index contributed by atoms with van der Waals surface area (Å²) in [5.74, 6) is 5.36. The van der Waals surface area contributed by atoms with Crippen molar-refractivity contribution in [3.63, 3.8) is 0 Å². The van der Waals surface area contributed by atoms with Gasteiger partial charge in [-0.25, -0.2) is 10.8 Å². The maximum Gasteiger partial charge on any atom is 0.197 e. The third kappa shape index (κ3) is 3.25. The Kier molecular flexibility index (Phi) is 4.32. The van der Waals surface area contributed by atoms with Gasteiger partial charge in [-0.15, -0.1) is 0 Å². The molecule has 1 aliphatic carbocycles. The Balaban J connectivity index is 1.47. The van der Waals surface area contributed by atoms with Gasteiger partial charge >= 0.3 is 0 Å². The molecule has 0 unspecified atom stereocenters. The topological polar surface area (TPSA) is 57.4 Å². The van der Waals surface area contributed by atoms with Crippen LogP contribution in [0.3, 0.4) is 0 Å². The predicted molar refractivity (Wildman–Crippen MR) is 79.0 cm³/mol. The Hall–Kier alpha value is -0.690.